The van der Waals surface area contributed by atoms with Crippen molar-refractivity contribution in [2.24, 2.45) is 11.5 Å². The van der Waals surface area contributed by atoms with Crippen LogP contribution in [0.5, 0.6) is 0 Å². The smallest absolute Gasteiger partial charge is 0.217 e. The maximum absolute atomic E-state index is 10.3. The Morgan fingerprint density at radius 1 is 0.600 bits per heavy atom. The van der Waals surface area contributed by atoms with Gasteiger partial charge in [-0.1, -0.05) is 65.2 Å². The average Bonchev–Trinajstić information content (AvgIpc) is 2.38. The highest BCUT2D eigenvalue weighted by Gasteiger charge is 1.93. The summed E-state index contributed by atoms with van der Waals surface area (Å²) in [5.41, 5.74) is 9.94. The van der Waals surface area contributed by atoms with Gasteiger partial charge in [0, 0.05) is 12.8 Å². The van der Waals surface area contributed by atoms with Crippen molar-refractivity contribution < 1.29 is 9.59 Å². The molecule has 4 heteroatoms. The summed E-state index contributed by atoms with van der Waals surface area (Å²) >= 11 is 0. The molecule has 0 aromatic heterocycles. The molecule has 0 aliphatic heterocycles. The van der Waals surface area contributed by atoms with Gasteiger partial charge in [0.25, 0.3) is 0 Å². The van der Waals surface area contributed by atoms with Crippen LogP contribution in [-0.2, 0) is 9.59 Å². The normalized spacial score (nSPS) is 9.70. The van der Waals surface area contributed by atoms with Gasteiger partial charge in [-0.2, -0.15) is 0 Å². The molecule has 0 aromatic carbocycles. The Hall–Kier alpha value is -1.06. The Labute approximate surface area is 124 Å². The Kier molecular flexibility index (Phi) is 19.1. The molecule has 120 valence electrons. The summed E-state index contributed by atoms with van der Waals surface area (Å²) < 4.78 is 0. The van der Waals surface area contributed by atoms with Gasteiger partial charge in [0.15, 0.2) is 0 Å². The van der Waals surface area contributed by atoms with E-state index in [9.17, 15) is 9.59 Å². The number of amides is 2. The lowest BCUT2D eigenvalue weighted by Crippen LogP contribution is -2.09. The molecule has 4 N–H and O–H groups in total. The molecule has 0 atom stereocenters. The minimum atomic E-state index is -0.170. The number of unbranched alkanes of at least 4 members (excludes halogenated alkanes) is 8. The summed E-state index contributed by atoms with van der Waals surface area (Å²) in [6, 6.07) is 0. The highest BCUT2D eigenvalue weighted by atomic mass is 16.1. The van der Waals surface area contributed by atoms with Crippen LogP contribution in [0.3, 0.4) is 0 Å². The van der Waals surface area contributed by atoms with E-state index in [1.807, 2.05) is 0 Å². The maximum atomic E-state index is 10.3. The second-order valence-corrected chi connectivity index (χ2v) is 5.26. The zero-order chi connectivity index (χ0) is 15.6. The molecule has 20 heavy (non-hydrogen) atoms. The fraction of sp³-hybridized carbons (Fsp3) is 0.875. The Bertz CT molecular complexity index is 207. The third-order valence-corrected chi connectivity index (χ3v) is 3.05. The average molecular weight is 286 g/mol. The van der Waals surface area contributed by atoms with Crippen LogP contribution in [0, 0.1) is 0 Å². The SMILES string of the molecule is CCCCCCCC(N)=O.CCCCCCCC(N)=O. The molecule has 0 heterocycles. The Balaban J connectivity index is 0. The maximum Gasteiger partial charge on any atom is 0.217 e. The third-order valence-electron chi connectivity index (χ3n) is 3.05. The van der Waals surface area contributed by atoms with E-state index < -0.39 is 0 Å². The van der Waals surface area contributed by atoms with Crippen LogP contribution in [-0.4, -0.2) is 11.8 Å². The van der Waals surface area contributed by atoms with Crippen molar-refractivity contribution in [1.29, 1.82) is 0 Å². The third kappa shape index (κ3) is 25.7. The predicted molar refractivity (Wildman–Crippen MR) is 85.1 cm³/mol. The van der Waals surface area contributed by atoms with Gasteiger partial charge >= 0.3 is 0 Å². The van der Waals surface area contributed by atoms with E-state index in [1.54, 1.807) is 0 Å². The molecule has 2 amide bonds. The van der Waals surface area contributed by atoms with Crippen LogP contribution in [0.2, 0.25) is 0 Å². The van der Waals surface area contributed by atoms with Crippen LogP contribution in [0.1, 0.15) is 90.9 Å². The van der Waals surface area contributed by atoms with Gasteiger partial charge in [0.2, 0.25) is 11.8 Å². The molecular formula is C16H34N2O2. The number of rotatable bonds is 12. The van der Waals surface area contributed by atoms with Gasteiger partial charge in [-0.15, -0.1) is 0 Å². The highest BCUT2D eigenvalue weighted by molar-refractivity contribution is 5.73. The minimum Gasteiger partial charge on any atom is -0.370 e. The molecule has 0 unspecified atom stereocenters. The van der Waals surface area contributed by atoms with Gasteiger partial charge in [-0.25, -0.2) is 0 Å². The summed E-state index contributed by atoms with van der Waals surface area (Å²) in [5, 5.41) is 0. The molecule has 0 spiro atoms. The van der Waals surface area contributed by atoms with E-state index in [0.29, 0.717) is 12.8 Å². The van der Waals surface area contributed by atoms with Gasteiger partial charge in [-0.05, 0) is 12.8 Å². The fourth-order valence-corrected chi connectivity index (χ4v) is 1.81. The first-order valence-electron chi connectivity index (χ1n) is 8.11. The van der Waals surface area contributed by atoms with E-state index in [-0.39, 0.29) is 11.8 Å². The predicted octanol–water partition coefficient (Wildman–Crippen LogP) is 3.66. The van der Waals surface area contributed by atoms with Gasteiger partial charge in [0.1, 0.15) is 0 Å². The first kappa shape index (κ1) is 21.2. The monoisotopic (exact) mass is 286 g/mol. The van der Waals surface area contributed by atoms with E-state index >= 15 is 0 Å². The molecule has 0 radical (unpaired) electrons. The first-order valence-corrected chi connectivity index (χ1v) is 8.11. The quantitative estimate of drug-likeness (QED) is 0.536. The molecule has 0 saturated heterocycles. The molecule has 0 rings (SSSR count). The minimum absolute atomic E-state index is 0.170. The van der Waals surface area contributed by atoms with Crippen molar-refractivity contribution in [3.8, 4) is 0 Å². The zero-order valence-corrected chi connectivity index (χ0v) is 13.5. The van der Waals surface area contributed by atoms with Crippen LogP contribution < -0.4 is 11.5 Å². The lowest BCUT2D eigenvalue weighted by Gasteiger charge is -1.95. The first-order chi connectivity index (χ1) is 9.54. The van der Waals surface area contributed by atoms with Crippen molar-refractivity contribution in [3.63, 3.8) is 0 Å². The summed E-state index contributed by atoms with van der Waals surface area (Å²) in [4.78, 5) is 20.5. The van der Waals surface area contributed by atoms with Crippen molar-refractivity contribution in [1.82, 2.24) is 0 Å². The number of nitrogens with two attached hydrogens (primary N) is 2. The van der Waals surface area contributed by atoms with Gasteiger partial charge in [0.05, 0.1) is 0 Å². The molecule has 0 bridgehead atoms. The van der Waals surface area contributed by atoms with E-state index in [4.69, 9.17) is 11.5 Å². The van der Waals surface area contributed by atoms with Crippen LogP contribution in [0.4, 0.5) is 0 Å². The molecule has 4 nitrogen and oxygen atoms in total. The van der Waals surface area contributed by atoms with Crippen molar-refractivity contribution >= 4 is 11.8 Å². The number of hydrogen-bond donors (Lipinski definition) is 2. The molecular weight excluding hydrogens is 252 g/mol. The number of carbonyl (C=O) groups excluding carboxylic acids is 2. The lowest BCUT2D eigenvalue weighted by molar-refractivity contribution is -0.119. The van der Waals surface area contributed by atoms with Crippen molar-refractivity contribution in [2.75, 3.05) is 0 Å². The molecule has 0 aliphatic rings. The molecule has 0 saturated carbocycles. The van der Waals surface area contributed by atoms with Crippen LogP contribution in [0.25, 0.3) is 0 Å². The topological polar surface area (TPSA) is 86.2 Å². The second-order valence-electron chi connectivity index (χ2n) is 5.26. The van der Waals surface area contributed by atoms with Gasteiger partial charge in [-0.3, -0.25) is 9.59 Å². The van der Waals surface area contributed by atoms with E-state index in [0.717, 1.165) is 25.7 Å². The van der Waals surface area contributed by atoms with Crippen LogP contribution >= 0.6 is 0 Å². The number of hydrogen-bond acceptors (Lipinski definition) is 2. The van der Waals surface area contributed by atoms with Gasteiger partial charge < -0.3 is 11.5 Å². The summed E-state index contributed by atoms with van der Waals surface area (Å²) in [5.74, 6) is -0.340. The molecule has 0 aromatic rings. The number of carbonyl (C=O) groups is 2. The van der Waals surface area contributed by atoms with Crippen LogP contribution in [0.15, 0.2) is 0 Å². The second kappa shape index (κ2) is 17.9. The molecule has 0 aliphatic carbocycles. The summed E-state index contributed by atoms with van der Waals surface area (Å²) in [6.07, 6.45) is 12.9. The Morgan fingerprint density at radius 2 is 0.900 bits per heavy atom. The summed E-state index contributed by atoms with van der Waals surface area (Å²) in [6.45, 7) is 4.35. The fourth-order valence-electron chi connectivity index (χ4n) is 1.81. The lowest BCUT2D eigenvalue weighted by atomic mass is 10.1. The summed E-state index contributed by atoms with van der Waals surface area (Å²) in [7, 11) is 0. The number of primary amides is 2. The van der Waals surface area contributed by atoms with Crippen molar-refractivity contribution in [3.05, 3.63) is 0 Å². The molecule has 0 fully saturated rings. The Morgan fingerprint density at radius 3 is 1.15 bits per heavy atom. The zero-order valence-electron chi connectivity index (χ0n) is 13.5. The largest absolute Gasteiger partial charge is 0.370 e. The van der Waals surface area contributed by atoms with E-state index in [2.05, 4.69) is 13.8 Å². The van der Waals surface area contributed by atoms with Crippen molar-refractivity contribution in [2.45, 2.75) is 90.9 Å². The highest BCUT2D eigenvalue weighted by Crippen LogP contribution is 2.04. The standard InChI is InChI=1S/2C8H17NO/c2*1-2-3-4-5-6-7-8(9)10/h2*2-7H2,1H3,(H2,9,10). The van der Waals surface area contributed by atoms with E-state index in [1.165, 1.54) is 38.5 Å².